The summed E-state index contributed by atoms with van der Waals surface area (Å²) in [4.78, 5) is 10.8. The van der Waals surface area contributed by atoms with Crippen LogP contribution in [0.5, 0.6) is 28.7 Å². The summed E-state index contributed by atoms with van der Waals surface area (Å²) in [7, 11) is -1.24. The fraction of sp³-hybridized carbons (Fsp3) is 0.321. The minimum Gasteiger partial charge on any atom is -0.493 e. The maximum Gasteiger partial charge on any atom is 0.309 e. The summed E-state index contributed by atoms with van der Waals surface area (Å²) in [6.07, 6.45) is 0.0161. The molecule has 6 rings (SSSR count). The summed E-state index contributed by atoms with van der Waals surface area (Å²) in [5.41, 5.74) is 1.34. The Balaban J connectivity index is 1.58. The first kappa shape index (κ1) is 29.7. The molecule has 44 heavy (non-hydrogen) atoms. The van der Waals surface area contributed by atoms with Crippen molar-refractivity contribution >= 4 is 16.0 Å². The molecule has 0 aromatic heterocycles. The number of benzene rings is 3. The van der Waals surface area contributed by atoms with Gasteiger partial charge in [0.1, 0.15) is 0 Å². The molecule has 0 bridgehead atoms. The molecule has 0 saturated carbocycles. The SMILES string of the molecule is COc1cc(-c2c3c(cc4c2OCO4)[C@H](NS(=O)(=O)c2c(F)c(F)c(F)c(F)c2F)C2COC(=O)[C@@H]2C3)cc(OC)c1OC. The van der Waals surface area contributed by atoms with Crippen molar-refractivity contribution < 1.29 is 63.6 Å². The molecule has 10 nitrogen and oxygen atoms in total. The van der Waals surface area contributed by atoms with Crippen molar-refractivity contribution in [2.75, 3.05) is 34.7 Å². The summed E-state index contributed by atoms with van der Waals surface area (Å²) >= 11 is 0. The second-order valence-electron chi connectivity index (χ2n) is 10.1. The van der Waals surface area contributed by atoms with Crippen molar-refractivity contribution in [1.29, 1.82) is 0 Å². The molecule has 1 aliphatic carbocycles. The van der Waals surface area contributed by atoms with Crippen LogP contribution in [-0.4, -0.2) is 49.1 Å². The van der Waals surface area contributed by atoms with Crippen LogP contribution in [0.15, 0.2) is 23.1 Å². The Kier molecular flexibility index (Phi) is 7.23. The van der Waals surface area contributed by atoms with Gasteiger partial charge in [0.05, 0.1) is 39.9 Å². The van der Waals surface area contributed by atoms with Crippen LogP contribution in [0, 0.1) is 40.9 Å². The van der Waals surface area contributed by atoms with Crippen molar-refractivity contribution in [2.45, 2.75) is 17.4 Å². The average molecular weight is 644 g/mol. The first-order valence-corrected chi connectivity index (χ1v) is 14.4. The molecule has 2 aliphatic heterocycles. The van der Waals surface area contributed by atoms with Crippen molar-refractivity contribution in [3.05, 3.63) is 58.4 Å². The van der Waals surface area contributed by atoms with Gasteiger partial charge in [-0.3, -0.25) is 4.79 Å². The number of fused-ring (bicyclic) bond motifs is 3. The van der Waals surface area contributed by atoms with E-state index in [4.69, 9.17) is 28.4 Å². The number of hydrogen-bond donors (Lipinski definition) is 1. The summed E-state index contributed by atoms with van der Waals surface area (Å²) in [5, 5.41) is 0. The lowest BCUT2D eigenvalue weighted by atomic mass is 9.72. The van der Waals surface area contributed by atoms with Crippen LogP contribution in [0.3, 0.4) is 0 Å². The average Bonchev–Trinajstić information content (AvgIpc) is 3.63. The molecule has 1 fully saturated rings. The highest BCUT2D eigenvalue weighted by atomic mass is 32.2. The first-order valence-electron chi connectivity index (χ1n) is 12.9. The quantitative estimate of drug-likeness (QED) is 0.175. The van der Waals surface area contributed by atoms with Gasteiger partial charge in [0.25, 0.3) is 0 Å². The number of esters is 1. The molecule has 1 unspecified atom stereocenters. The van der Waals surface area contributed by atoms with Crippen molar-refractivity contribution in [3.63, 3.8) is 0 Å². The topological polar surface area (TPSA) is 119 Å². The number of carbonyl (C=O) groups excluding carboxylic acids is 1. The van der Waals surface area contributed by atoms with Crippen LogP contribution in [-0.2, 0) is 26.0 Å². The molecule has 3 atom stereocenters. The van der Waals surface area contributed by atoms with E-state index in [9.17, 15) is 35.2 Å². The van der Waals surface area contributed by atoms with Gasteiger partial charge in [-0.05, 0) is 41.3 Å². The van der Waals surface area contributed by atoms with Crippen LogP contribution >= 0.6 is 0 Å². The van der Waals surface area contributed by atoms with Crippen LogP contribution < -0.4 is 28.4 Å². The Hall–Kier alpha value is -4.31. The summed E-state index contributed by atoms with van der Waals surface area (Å²) in [6.45, 7) is -0.507. The number of carbonyl (C=O) groups is 1. The van der Waals surface area contributed by atoms with Gasteiger partial charge in [0.2, 0.25) is 28.4 Å². The Morgan fingerprint density at radius 2 is 1.45 bits per heavy atom. The Bertz CT molecular complexity index is 1780. The lowest BCUT2D eigenvalue weighted by Gasteiger charge is -2.35. The smallest absolute Gasteiger partial charge is 0.309 e. The lowest BCUT2D eigenvalue weighted by molar-refractivity contribution is -0.141. The molecule has 0 radical (unpaired) electrons. The molecule has 16 heteroatoms. The highest BCUT2D eigenvalue weighted by molar-refractivity contribution is 7.89. The lowest BCUT2D eigenvalue weighted by Crippen LogP contribution is -2.41. The standard InChI is InChI=1S/C28H22F5NO9S/c1-38-15-4-10(5-16(39-2)25(15)40-3)18-11-6-13-14(8-41-28(13)35)24(12(11)7-17-26(18)43-9-42-17)34-44(36,37)27-22(32)20(30)19(29)21(31)23(27)33/h4-5,7,13-14,24,34H,6,8-9H2,1-3H3/t13-,14?,24+/m1/s1. The van der Waals surface area contributed by atoms with Crippen LogP contribution in [0.25, 0.3) is 11.1 Å². The number of halogens is 5. The Morgan fingerprint density at radius 1 is 0.841 bits per heavy atom. The number of rotatable bonds is 7. The monoisotopic (exact) mass is 643 g/mol. The number of nitrogens with one attached hydrogen (secondary N) is 1. The molecule has 1 N–H and O–H groups in total. The number of hydrogen-bond acceptors (Lipinski definition) is 9. The largest absolute Gasteiger partial charge is 0.493 e. The first-order chi connectivity index (χ1) is 20.9. The minimum atomic E-state index is -5.45. The molecule has 0 amide bonds. The van der Waals surface area contributed by atoms with Gasteiger partial charge < -0.3 is 28.4 Å². The third-order valence-corrected chi connectivity index (χ3v) is 9.36. The van der Waals surface area contributed by atoms with E-state index in [-0.39, 0.29) is 54.1 Å². The molecule has 0 spiro atoms. The van der Waals surface area contributed by atoms with Gasteiger partial charge in [0, 0.05) is 11.5 Å². The van der Waals surface area contributed by atoms with Gasteiger partial charge in [0.15, 0.2) is 51.2 Å². The fourth-order valence-electron chi connectivity index (χ4n) is 5.92. The van der Waals surface area contributed by atoms with Crippen molar-refractivity contribution in [1.82, 2.24) is 4.72 Å². The van der Waals surface area contributed by atoms with Crippen LogP contribution in [0.2, 0.25) is 0 Å². The van der Waals surface area contributed by atoms with Gasteiger partial charge in [-0.2, -0.15) is 0 Å². The second kappa shape index (κ2) is 10.7. The number of sulfonamides is 1. The summed E-state index contributed by atoms with van der Waals surface area (Å²) in [6, 6.07) is 3.17. The van der Waals surface area contributed by atoms with Gasteiger partial charge in [-0.25, -0.2) is 35.1 Å². The maximum absolute atomic E-state index is 14.7. The molecule has 2 heterocycles. The normalized spacial score (nSPS) is 20.2. The van der Waals surface area contributed by atoms with E-state index in [1.165, 1.54) is 27.4 Å². The van der Waals surface area contributed by atoms with E-state index in [1.54, 1.807) is 12.1 Å². The molecule has 3 aliphatic rings. The van der Waals surface area contributed by atoms with E-state index >= 15 is 0 Å². The minimum absolute atomic E-state index is 0.0161. The highest BCUT2D eigenvalue weighted by Gasteiger charge is 2.50. The zero-order valence-electron chi connectivity index (χ0n) is 23.1. The van der Waals surface area contributed by atoms with Crippen molar-refractivity contribution in [3.8, 4) is 39.9 Å². The predicted molar refractivity (Wildman–Crippen MR) is 139 cm³/mol. The van der Waals surface area contributed by atoms with Crippen LogP contribution in [0.1, 0.15) is 17.2 Å². The highest BCUT2D eigenvalue weighted by Crippen LogP contribution is 2.54. The molecule has 234 valence electrons. The van der Waals surface area contributed by atoms with Gasteiger partial charge in [-0.15, -0.1) is 0 Å². The molecular formula is C28H22F5NO9S. The molecule has 3 aromatic carbocycles. The molecule has 1 saturated heterocycles. The number of ether oxygens (including phenoxy) is 6. The third kappa shape index (κ3) is 4.37. The van der Waals surface area contributed by atoms with E-state index in [0.717, 1.165) is 0 Å². The van der Waals surface area contributed by atoms with Gasteiger partial charge >= 0.3 is 5.97 Å². The number of cyclic esters (lactones) is 1. The van der Waals surface area contributed by atoms with E-state index < -0.39 is 67.9 Å². The number of methoxy groups -OCH3 is 3. The Morgan fingerprint density at radius 3 is 2.05 bits per heavy atom. The zero-order chi connectivity index (χ0) is 31.7. The zero-order valence-corrected chi connectivity index (χ0v) is 23.9. The summed E-state index contributed by atoms with van der Waals surface area (Å²) in [5.74, 6) is -13.8. The van der Waals surface area contributed by atoms with Crippen LogP contribution in [0.4, 0.5) is 22.0 Å². The Labute approximate surface area is 246 Å². The third-order valence-electron chi connectivity index (χ3n) is 7.90. The molecule has 3 aromatic rings. The predicted octanol–water partition coefficient (Wildman–Crippen LogP) is 4.17. The van der Waals surface area contributed by atoms with E-state index in [2.05, 4.69) is 4.72 Å². The van der Waals surface area contributed by atoms with Crippen molar-refractivity contribution in [2.24, 2.45) is 11.8 Å². The molecular weight excluding hydrogens is 621 g/mol. The maximum atomic E-state index is 14.7. The fourth-order valence-corrected chi connectivity index (χ4v) is 7.32. The summed E-state index contributed by atoms with van der Waals surface area (Å²) < 4.78 is 133. The van der Waals surface area contributed by atoms with E-state index in [1.807, 2.05) is 0 Å². The second-order valence-corrected chi connectivity index (χ2v) is 11.7. The van der Waals surface area contributed by atoms with Gasteiger partial charge in [-0.1, -0.05) is 0 Å². The van der Waals surface area contributed by atoms with E-state index in [0.29, 0.717) is 16.7 Å².